The van der Waals surface area contributed by atoms with Gasteiger partial charge in [-0.25, -0.2) is 9.97 Å². The van der Waals surface area contributed by atoms with Gasteiger partial charge in [0.1, 0.15) is 11.5 Å². The van der Waals surface area contributed by atoms with Gasteiger partial charge >= 0.3 is 6.01 Å². The molecule has 2 aromatic carbocycles. The summed E-state index contributed by atoms with van der Waals surface area (Å²) in [5, 5.41) is 3.56. The van der Waals surface area contributed by atoms with Gasteiger partial charge in [-0.15, -0.1) is 0 Å². The number of nitrogens with one attached hydrogen (secondary N) is 1. The highest BCUT2D eigenvalue weighted by Gasteiger charge is 2.10. The highest BCUT2D eigenvalue weighted by atomic mass is 35.5. The summed E-state index contributed by atoms with van der Waals surface area (Å²) in [7, 11) is 0. The summed E-state index contributed by atoms with van der Waals surface area (Å²) >= 11 is 17.8. The third kappa shape index (κ3) is 5.47. The summed E-state index contributed by atoms with van der Waals surface area (Å²) in [6.45, 7) is -0.242. The molecule has 6 nitrogen and oxygen atoms in total. The lowest BCUT2D eigenvalue weighted by molar-refractivity contribution is -0.118. The molecule has 9 heteroatoms. The number of aromatic nitrogens is 2. The first-order chi connectivity index (χ1) is 13.0. The van der Waals surface area contributed by atoms with E-state index in [-0.39, 0.29) is 34.3 Å². The van der Waals surface area contributed by atoms with Gasteiger partial charge in [-0.2, -0.15) is 0 Å². The van der Waals surface area contributed by atoms with Gasteiger partial charge in [0.2, 0.25) is 0 Å². The van der Waals surface area contributed by atoms with Gasteiger partial charge in [0.15, 0.2) is 6.61 Å². The molecule has 0 fully saturated rings. The van der Waals surface area contributed by atoms with Gasteiger partial charge in [-0.3, -0.25) is 4.79 Å². The minimum Gasteiger partial charge on any atom is -0.482 e. The van der Waals surface area contributed by atoms with Gasteiger partial charge in [0.25, 0.3) is 5.91 Å². The van der Waals surface area contributed by atoms with Crippen molar-refractivity contribution in [1.29, 1.82) is 0 Å². The van der Waals surface area contributed by atoms with E-state index in [1.807, 2.05) is 0 Å². The van der Waals surface area contributed by atoms with E-state index >= 15 is 0 Å². The number of anilines is 1. The van der Waals surface area contributed by atoms with E-state index in [2.05, 4.69) is 15.3 Å². The Morgan fingerprint density at radius 3 is 2.33 bits per heavy atom. The van der Waals surface area contributed by atoms with E-state index in [0.717, 1.165) is 0 Å². The second-order valence-corrected chi connectivity index (χ2v) is 6.41. The van der Waals surface area contributed by atoms with Gasteiger partial charge in [-0.1, -0.05) is 34.8 Å². The molecular weight excluding hydrogens is 413 g/mol. The predicted octanol–water partition coefficient (Wildman–Crippen LogP) is 5.25. The molecule has 0 radical (unpaired) electrons. The molecule has 0 aliphatic heterocycles. The lowest BCUT2D eigenvalue weighted by Crippen LogP contribution is -2.20. The quantitative estimate of drug-likeness (QED) is 0.547. The summed E-state index contributed by atoms with van der Waals surface area (Å²) in [4.78, 5) is 20.0. The molecule has 0 unspecified atom stereocenters. The Labute approximate surface area is 170 Å². The first-order valence-electron chi connectivity index (χ1n) is 7.63. The van der Waals surface area contributed by atoms with Crippen LogP contribution in [0.5, 0.6) is 17.5 Å². The molecule has 0 saturated heterocycles. The highest BCUT2D eigenvalue weighted by molar-refractivity contribution is 6.43. The third-order valence-electron chi connectivity index (χ3n) is 3.22. The number of rotatable bonds is 6. The maximum absolute atomic E-state index is 12.0. The summed E-state index contributed by atoms with van der Waals surface area (Å²) < 4.78 is 10.9. The van der Waals surface area contributed by atoms with Crippen LogP contribution in [0, 0.1) is 0 Å². The predicted molar refractivity (Wildman–Crippen MR) is 104 cm³/mol. The number of halogens is 3. The molecule has 27 heavy (non-hydrogen) atoms. The van der Waals surface area contributed by atoms with Gasteiger partial charge in [-0.05, 0) is 36.4 Å². The first-order valence-corrected chi connectivity index (χ1v) is 8.77. The van der Waals surface area contributed by atoms with E-state index in [0.29, 0.717) is 16.5 Å². The van der Waals surface area contributed by atoms with Crippen LogP contribution in [0.3, 0.4) is 0 Å². The summed E-state index contributed by atoms with van der Waals surface area (Å²) in [5.74, 6) is 0.447. The maximum atomic E-state index is 12.0. The number of ether oxygens (including phenoxy) is 2. The van der Waals surface area contributed by atoms with Crippen LogP contribution in [-0.4, -0.2) is 22.5 Å². The van der Waals surface area contributed by atoms with E-state index < -0.39 is 0 Å². The standard InChI is InChI=1S/C18H12Cl3N3O3/c19-13-8-15(21)16(9-14(13)20)26-10-17(25)24-11-2-4-12(5-3-11)27-18-22-6-1-7-23-18/h1-9H,10H2,(H,24,25). The fraction of sp³-hybridized carbons (Fsp3) is 0.0556. The number of benzene rings is 2. The molecule has 3 rings (SSSR count). The number of amides is 1. The Hall–Kier alpha value is -2.54. The highest BCUT2D eigenvalue weighted by Crippen LogP contribution is 2.33. The van der Waals surface area contributed by atoms with Crippen molar-refractivity contribution in [3.8, 4) is 17.5 Å². The molecule has 1 N–H and O–H groups in total. The van der Waals surface area contributed by atoms with Gasteiger partial charge in [0.05, 0.1) is 15.1 Å². The molecule has 3 aromatic rings. The minimum atomic E-state index is -0.364. The Morgan fingerprint density at radius 2 is 1.63 bits per heavy atom. The normalized spacial score (nSPS) is 10.3. The van der Waals surface area contributed by atoms with Crippen LogP contribution in [0.1, 0.15) is 0 Å². The zero-order valence-electron chi connectivity index (χ0n) is 13.7. The number of carbonyl (C=O) groups is 1. The second kappa shape index (κ2) is 8.90. The average Bonchev–Trinajstić information content (AvgIpc) is 2.66. The van der Waals surface area contributed by atoms with Crippen molar-refractivity contribution in [3.05, 3.63) is 69.9 Å². The number of hydrogen-bond donors (Lipinski definition) is 1. The van der Waals surface area contributed by atoms with Crippen LogP contribution in [0.2, 0.25) is 15.1 Å². The molecular formula is C18H12Cl3N3O3. The molecule has 1 aromatic heterocycles. The van der Waals surface area contributed by atoms with Gasteiger partial charge < -0.3 is 14.8 Å². The van der Waals surface area contributed by atoms with Gasteiger partial charge in [0, 0.05) is 24.1 Å². The summed E-state index contributed by atoms with van der Waals surface area (Å²) in [6.07, 6.45) is 3.16. The number of carbonyl (C=O) groups excluding carboxylic acids is 1. The zero-order valence-corrected chi connectivity index (χ0v) is 15.9. The van der Waals surface area contributed by atoms with Crippen LogP contribution in [0.25, 0.3) is 0 Å². The minimum absolute atomic E-state index is 0.237. The molecule has 0 spiro atoms. The Morgan fingerprint density at radius 1 is 0.963 bits per heavy atom. The molecule has 0 aliphatic rings. The summed E-state index contributed by atoms with van der Waals surface area (Å²) in [5.41, 5.74) is 0.574. The monoisotopic (exact) mass is 423 g/mol. The maximum Gasteiger partial charge on any atom is 0.321 e. The number of nitrogens with zero attached hydrogens (tertiary/aromatic N) is 2. The fourth-order valence-corrected chi connectivity index (χ4v) is 2.60. The van der Waals surface area contributed by atoms with Crippen LogP contribution >= 0.6 is 34.8 Å². The first kappa shape index (κ1) is 19.2. The lowest BCUT2D eigenvalue weighted by atomic mass is 10.3. The lowest BCUT2D eigenvalue weighted by Gasteiger charge is -2.10. The smallest absolute Gasteiger partial charge is 0.321 e. The topological polar surface area (TPSA) is 73.3 Å². The molecule has 1 amide bonds. The Balaban J connectivity index is 1.54. The van der Waals surface area contributed by atoms with E-state index in [4.69, 9.17) is 44.3 Å². The second-order valence-electron chi connectivity index (χ2n) is 5.19. The SMILES string of the molecule is O=C(COc1cc(Cl)c(Cl)cc1Cl)Nc1ccc(Oc2ncccn2)cc1. The number of hydrogen-bond acceptors (Lipinski definition) is 5. The third-order valence-corrected chi connectivity index (χ3v) is 4.24. The molecule has 0 saturated carbocycles. The van der Waals surface area contributed by atoms with Crippen molar-refractivity contribution in [1.82, 2.24) is 9.97 Å². The van der Waals surface area contributed by atoms with E-state index in [1.165, 1.54) is 12.1 Å². The Bertz CT molecular complexity index is 938. The van der Waals surface area contributed by atoms with Crippen LogP contribution < -0.4 is 14.8 Å². The fourth-order valence-electron chi connectivity index (χ4n) is 2.01. The zero-order chi connectivity index (χ0) is 19.2. The molecule has 0 aliphatic carbocycles. The largest absolute Gasteiger partial charge is 0.482 e. The molecule has 0 bridgehead atoms. The van der Waals surface area contributed by atoms with Crippen molar-refractivity contribution in [2.75, 3.05) is 11.9 Å². The Kier molecular flexibility index (Phi) is 6.34. The average molecular weight is 425 g/mol. The van der Waals surface area contributed by atoms with Crippen molar-refractivity contribution < 1.29 is 14.3 Å². The molecule has 1 heterocycles. The molecule has 0 atom stereocenters. The van der Waals surface area contributed by atoms with E-state index in [9.17, 15) is 4.79 Å². The van der Waals surface area contributed by atoms with Crippen molar-refractivity contribution in [2.45, 2.75) is 0 Å². The van der Waals surface area contributed by atoms with Crippen LogP contribution in [0.15, 0.2) is 54.9 Å². The molecule has 138 valence electrons. The van der Waals surface area contributed by atoms with E-state index in [1.54, 1.807) is 42.7 Å². The van der Waals surface area contributed by atoms with Crippen molar-refractivity contribution in [2.24, 2.45) is 0 Å². The van der Waals surface area contributed by atoms with Crippen LogP contribution in [0.4, 0.5) is 5.69 Å². The van der Waals surface area contributed by atoms with Crippen molar-refractivity contribution in [3.63, 3.8) is 0 Å². The summed E-state index contributed by atoms with van der Waals surface area (Å²) in [6, 6.07) is 11.6. The van der Waals surface area contributed by atoms with Crippen molar-refractivity contribution >= 4 is 46.4 Å². The van der Waals surface area contributed by atoms with Crippen LogP contribution in [-0.2, 0) is 4.79 Å².